The fourth-order valence-corrected chi connectivity index (χ4v) is 2.37. The number of nitrogens with zero attached hydrogens (tertiary/aromatic N) is 1. The van der Waals surface area contributed by atoms with E-state index in [1.807, 2.05) is 32.0 Å². The lowest BCUT2D eigenvalue weighted by atomic mass is 10.1. The molecule has 4 nitrogen and oxygen atoms in total. The Labute approximate surface area is 142 Å². The fraction of sp³-hybridized carbons (Fsp3) is 0.316. The number of phenols is 1. The minimum Gasteiger partial charge on any atom is -0.508 e. The van der Waals surface area contributed by atoms with Crippen molar-refractivity contribution < 1.29 is 9.50 Å². The van der Waals surface area contributed by atoms with Crippen molar-refractivity contribution in [1.82, 2.24) is 10.6 Å². The molecule has 2 aromatic carbocycles. The van der Waals surface area contributed by atoms with Gasteiger partial charge in [0.15, 0.2) is 5.96 Å². The van der Waals surface area contributed by atoms with Crippen LogP contribution in [0, 0.1) is 12.7 Å². The Balaban J connectivity index is 1.90. The van der Waals surface area contributed by atoms with Gasteiger partial charge in [0, 0.05) is 13.1 Å². The van der Waals surface area contributed by atoms with Gasteiger partial charge in [-0.05, 0) is 61.2 Å². The van der Waals surface area contributed by atoms with Gasteiger partial charge >= 0.3 is 0 Å². The number of guanidine groups is 1. The molecule has 0 radical (unpaired) electrons. The van der Waals surface area contributed by atoms with Crippen molar-refractivity contribution in [2.24, 2.45) is 4.99 Å². The Morgan fingerprint density at radius 1 is 1.12 bits per heavy atom. The Hall–Kier alpha value is -2.56. The molecule has 0 fully saturated rings. The van der Waals surface area contributed by atoms with Gasteiger partial charge in [0.25, 0.3) is 0 Å². The van der Waals surface area contributed by atoms with Crippen LogP contribution in [0.15, 0.2) is 47.5 Å². The van der Waals surface area contributed by atoms with Crippen molar-refractivity contribution in [3.63, 3.8) is 0 Å². The van der Waals surface area contributed by atoms with Gasteiger partial charge in [-0.3, -0.25) is 0 Å². The average Bonchev–Trinajstić information content (AvgIpc) is 2.56. The lowest BCUT2D eigenvalue weighted by Crippen LogP contribution is -2.38. The summed E-state index contributed by atoms with van der Waals surface area (Å²) in [5.41, 5.74) is 3.11. The third-order valence-electron chi connectivity index (χ3n) is 3.69. The summed E-state index contributed by atoms with van der Waals surface area (Å²) in [5, 5.41) is 15.8. The van der Waals surface area contributed by atoms with Gasteiger partial charge in [0.05, 0.1) is 6.54 Å². The summed E-state index contributed by atoms with van der Waals surface area (Å²) in [7, 11) is 0. The molecule has 0 unspecified atom stereocenters. The first kappa shape index (κ1) is 17.8. The van der Waals surface area contributed by atoms with Gasteiger partial charge < -0.3 is 15.7 Å². The molecule has 24 heavy (non-hydrogen) atoms. The lowest BCUT2D eigenvalue weighted by molar-refractivity contribution is 0.475. The smallest absolute Gasteiger partial charge is 0.191 e. The molecule has 2 rings (SSSR count). The first-order chi connectivity index (χ1) is 11.6. The molecule has 0 heterocycles. The number of nitrogens with one attached hydrogen (secondary N) is 2. The second kappa shape index (κ2) is 8.91. The summed E-state index contributed by atoms with van der Waals surface area (Å²) >= 11 is 0. The van der Waals surface area contributed by atoms with E-state index in [1.54, 1.807) is 18.2 Å². The van der Waals surface area contributed by atoms with Crippen molar-refractivity contribution >= 4 is 5.96 Å². The molecular formula is C19H24FN3O. The molecule has 128 valence electrons. The molecule has 0 aliphatic rings. The number of aromatic hydroxyl groups is 1. The van der Waals surface area contributed by atoms with Crippen LogP contribution in [-0.4, -0.2) is 24.2 Å². The number of rotatable bonds is 6. The summed E-state index contributed by atoms with van der Waals surface area (Å²) in [6.45, 7) is 5.96. The maximum Gasteiger partial charge on any atom is 0.191 e. The molecular weight excluding hydrogens is 305 g/mol. The normalized spacial score (nSPS) is 11.4. The van der Waals surface area contributed by atoms with Crippen molar-refractivity contribution in [2.75, 3.05) is 13.1 Å². The molecule has 0 aromatic heterocycles. The number of halogens is 1. The third kappa shape index (κ3) is 5.57. The topological polar surface area (TPSA) is 56.7 Å². The number of phenolic OH excluding ortho intramolecular Hbond substituents is 1. The zero-order valence-electron chi connectivity index (χ0n) is 14.1. The van der Waals surface area contributed by atoms with E-state index in [-0.39, 0.29) is 11.6 Å². The SMILES string of the molecule is CCNC(=NCc1ccc(O)cc1)NCCc1ccc(F)cc1C. The molecule has 3 N–H and O–H groups in total. The summed E-state index contributed by atoms with van der Waals surface area (Å²) in [4.78, 5) is 4.53. The standard InChI is InChI=1S/C19H24FN3O/c1-3-21-19(23-13-15-4-8-18(24)9-5-15)22-11-10-16-6-7-17(20)12-14(16)2/h4-9,12,24H,3,10-11,13H2,1-2H3,(H2,21,22,23). The van der Waals surface area contributed by atoms with E-state index in [4.69, 9.17) is 0 Å². The zero-order valence-corrected chi connectivity index (χ0v) is 14.1. The maximum absolute atomic E-state index is 13.1. The highest BCUT2D eigenvalue weighted by atomic mass is 19.1. The number of benzene rings is 2. The molecule has 2 aromatic rings. The van der Waals surface area contributed by atoms with Crippen molar-refractivity contribution in [2.45, 2.75) is 26.8 Å². The van der Waals surface area contributed by atoms with E-state index >= 15 is 0 Å². The highest BCUT2D eigenvalue weighted by Gasteiger charge is 2.02. The Morgan fingerprint density at radius 3 is 2.54 bits per heavy atom. The minimum absolute atomic E-state index is 0.201. The summed E-state index contributed by atoms with van der Waals surface area (Å²) < 4.78 is 13.1. The molecule has 0 amide bonds. The predicted molar refractivity (Wildman–Crippen MR) is 95.8 cm³/mol. The van der Waals surface area contributed by atoms with Crippen molar-refractivity contribution in [3.05, 3.63) is 65.0 Å². The first-order valence-electron chi connectivity index (χ1n) is 8.13. The number of hydrogen-bond acceptors (Lipinski definition) is 2. The molecule has 0 spiro atoms. The van der Waals surface area contributed by atoms with Gasteiger partial charge in [-0.2, -0.15) is 0 Å². The van der Waals surface area contributed by atoms with Gasteiger partial charge in [0.1, 0.15) is 11.6 Å². The number of hydrogen-bond donors (Lipinski definition) is 3. The zero-order chi connectivity index (χ0) is 17.4. The fourth-order valence-electron chi connectivity index (χ4n) is 2.37. The summed E-state index contributed by atoms with van der Waals surface area (Å²) in [6, 6.07) is 11.9. The Kier molecular flexibility index (Phi) is 6.61. The van der Waals surface area contributed by atoms with Crippen LogP contribution in [0.2, 0.25) is 0 Å². The third-order valence-corrected chi connectivity index (χ3v) is 3.69. The van der Waals surface area contributed by atoms with Crippen LogP contribution < -0.4 is 10.6 Å². The van der Waals surface area contributed by atoms with E-state index in [1.165, 1.54) is 6.07 Å². The monoisotopic (exact) mass is 329 g/mol. The van der Waals surface area contributed by atoms with E-state index in [2.05, 4.69) is 15.6 Å². The predicted octanol–water partition coefficient (Wildman–Crippen LogP) is 3.14. The highest BCUT2D eigenvalue weighted by molar-refractivity contribution is 5.79. The number of aliphatic imine (C=N–C) groups is 1. The van der Waals surface area contributed by atoms with E-state index in [0.717, 1.165) is 35.6 Å². The second-order valence-electron chi connectivity index (χ2n) is 5.61. The average molecular weight is 329 g/mol. The van der Waals surface area contributed by atoms with E-state index in [9.17, 15) is 9.50 Å². The quantitative estimate of drug-likeness (QED) is 0.564. The van der Waals surface area contributed by atoms with E-state index < -0.39 is 0 Å². The van der Waals surface area contributed by atoms with Crippen LogP contribution in [0.3, 0.4) is 0 Å². The van der Waals surface area contributed by atoms with Crippen molar-refractivity contribution in [1.29, 1.82) is 0 Å². The Bertz CT molecular complexity index is 684. The summed E-state index contributed by atoms with van der Waals surface area (Å²) in [5.74, 6) is 0.792. The second-order valence-corrected chi connectivity index (χ2v) is 5.61. The van der Waals surface area contributed by atoms with Crippen LogP contribution in [0.5, 0.6) is 5.75 Å². The Morgan fingerprint density at radius 2 is 1.88 bits per heavy atom. The molecule has 0 saturated heterocycles. The first-order valence-corrected chi connectivity index (χ1v) is 8.13. The maximum atomic E-state index is 13.1. The highest BCUT2D eigenvalue weighted by Crippen LogP contribution is 2.11. The van der Waals surface area contributed by atoms with Crippen LogP contribution in [0.25, 0.3) is 0 Å². The molecule has 0 atom stereocenters. The molecule has 0 saturated carbocycles. The molecule has 0 aliphatic carbocycles. The summed E-state index contributed by atoms with van der Waals surface area (Å²) in [6.07, 6.45) is 0.801. The van der Waals surface area contributed by atoms with E-state index in [0.29, 0.717) is 13.1 Å². The van der Waals surface area contributed by atoms with Gasteiger partial charge in [-0.15, -0.1) is 0 Å². The largest absolute Gasteiger partial charge is 0.508 e. The minimum atomic E-state index is -0.201. The molecule has 5 heteroatoms. The van der Waals surface area contributed by atoms with Crippen molar-refractivity contribution in [3.8, 4) is 5.75 Å². The molecule has 0 bridgehead atoms. The van der Waals surface area contributed by atoms with Crippen LogP contribution in [-0.2, 0) is 13.0 Å². The van der Waals surface area contributed by atoms with Gasteiger partial charge in [0.2, 0.25) is 0 Å². The van der Waals surface area contributed by atoms with Crippen LogP contribution in [0.1, 0.15) is 23.6 Å². The number of aryl methyl sites for hydroxylation is 1. The van der Waals surface area contributed by atoms with Gasteiger partial charge in [-0.1, -0.05) is 18.2 Å². The van der Waals surface area contributed by atoms with Crippen LogP contribution in [0.4, 0.5) is 4.39 Å². The van der Waals surface area contributed by atoms with Crippen LogP contribution >= 0.6 is 0 Å². The van der Waals surface area contributed by atoms with Gasteiger partial charge in [-0.25, -0.2) is 9.38 Å². The molecule has 0 aliphatic heterocycles. The lowest BCUT2D eigenvalue weighted by Gasteiger charge is -2.12.